The molecule has 8 nitrogen and oxygen atoms in total. The van der Waals surface area contributed by atoms with Crippen LogP contribution in [0.1, 0.15) is 29.9 Å². The first-order valence-corrected chi connectivity index (χ1v) is 11.3. The number of nitrogens with one attached hydrogen (secondary N) is 1. The third-order valence-corrected chi connectivity index (χ3v) is 7.08. The summed E-state index contributed by atoms with van der Waals surface area (Å²) >= 11 is 0. The van der Waals surface area contributed by atoms with E-state index in [1.807, 2.05) is 13.8 Å². The Hall–Kier alpha value is -2.23. The van der Waals surface area contributed by atoms with Crippen LogP contribution in [0.3, 0.4) is 0 Å². The fourth-order valence-corrected chi connectivity index (χ4v) is 4.95. The highest BCUT2D eigenvalue weighted by molar-refractivity contribution is 7.89. The smallest absolute Gasteiger partial charge is 0.243 e. The minimum Gasteiger partial charge on any atom is -0.361 e. The average molecular weight is 421 g/mol. The van der Waals surface area contributed by atoms with E-state index in [9.17, 15) is 13.2 Å². The first-order valence-electron chi connectivity index (χ1n) is 9.84. The molecule has 0 saturated carbocycles. The van der Waals surface area contributed by atoms with Crippen molar-refractivity contribution >= 4 is 15.9 Å². The molecule has 0 spiro atoms. The molecule has 1 amide bonds. The number of nitrogens with zero attached hydrogens (tertiary/aromatic N) is 3. The Morgan fingerprint density at radius 3 is 2.55 bits per heavy atom. The van der Waals surface area contributed by atoms with Crippen LogP contribution in [0, 0.1) is 13.8 Å². The third-order valence-electron chi connectivity index (χ3n) is 5.16. The fourth-order valence-electron chi connectivity index (χ4n) is 3.45. The predicted octanol–water partition coefficient (Wildman–Crippen LogP) is 1.69. The molecule has 0 atom stereocenters. The van der Waals surface area contributed by atoms with Crippen molar-refractivity contribution < 1.29 is 17.7 Å². The van der Waals surface area contributed by atoms with E-state index in [4.69, 9.17) is 4.52 Å². The molecule has 1 fully saturated rings. The zero-order chi connectivity index (χ0) is 20.9. The van der Waals surface area contributed by atoms with Gasteiger partial charge in [-0.1, -0.05) is 23.4 Å². The average Bonchev–Trinajstić information content (AvgIpc) is 3.00. The molecule has 1 aromatic heterocycles. The number of carbonyl (C=O) groups is 1. The Morgan fingerprint density at radius 1 is 1.10 bits per heavy atom. The summed E-state index contributed by atoms with van der Waals surface area (Å²) in [6, 6.07) is 8.37. The quantitative estimate of drug-likeness (QED) is 0.809. The van der Waals surface area contributed by atoms with Crippen LogP contribution in [0.4, 0.5) is 0 Å². The van der Waals surface area contributed by atoms with Gasteiger partial charge in [0.25, 0.3) is 0 Å². The summed E-state index contributed by atoms with van der Waals surface area (Å²) in [7, 11) is -3.64. The number of rotatable bonds is 4. The van der Waals surface area contributed by atoms with Gasteiger partial charge in [0.15, 0.2) is 0 Å². The minimum absolute atomic E-state index is 0.141. The molecule has 0 unspecified atom stereocenters. The van der Waals surface area contributed by atoms with Crippen LogP contribution in [-0.4, -0.2) is 61.4 Å². The fraction of sp³-hybridized carbons (Fsp3) is 0.500. The Morgan fingerprint density at radius 2 is 1.86 bits per heavy atom. The summed E-state index contributed by atoms with van der Waals surface area (Å²) in [5.74, 6) is 0.645. The third kappa shape index (κ3) is 5.43. The minimum atomic E-state index is -3.64. The maximum Gasteiger partial charge on any atom is 0.243 e. The van der Waals surface area contributed by atoms with Crippen molar-refractivity contribution in [2.24, 2.45) is 0 Å². The molecule has 1 saturated heterocycles. The molecule has 0 bridgehead atoms. The lowest BCUT2D eigenvalue weighted by Crippen LogP contribution is -2.36. The standard InChI is InChI=1S/C20H28N4O4S/c1-16-19(17(2)28-22-16)15-23-11-6-12-24(13-9-20(25)21-10-14-23)29(26,27)18-7-4-3-5-8-18/h3-5,7-8H,6,9-15H2,1-2H3,(H,21,25). The number of aryl methyl sites for hydroxylation is 2. The van der Waals surface area contributed by atoms with Crippen molar-refractivity contribution in [1.29, 1.82) is 0 Å². The molecule has 0 radical (unpaired) electrons. The van der Waals surface area contributed by atoms with Crippen molar-refractivity contribution in [3.05, 3.63) is 47.3 Å². The number of hydrogen-bond acceptors (Lipinski definition) is 6. The Bertz CT molecular complexity index is 908. The molecule has 9 heteroatoms. The van der Waals surface area contributed by atoms with Crippen molar-refractivity contribution in [2.75, 3.05) is 32.7 Å². The summed E-state index contributed by atoms with van der Waals surface area (Å²) < 4.78 is 32.7. The van der Waals surface area contributed by atoms with Gasteiger partial charge in [-0.3, -0.25) is 9.69 Å². The second-order valence-corrected chi connectivity index (χ2v) is 9.19. The van der Waals surface area contributed by atoms with E-state index in [0.29, 0.717) is 39.1 Å². The summed E-state index contributed by atoms with van der Waals surface area (Å²) in [5, 5.41) is 6.89. The molecule has 1 N–H and O–H groups in total. The Balaban J connectivity index is 1.74. The molecule has 1 aliphatic rings. The second-order valence-electron chi connectivity index (χ2n) is 7.25. The molecular weight excluding hydrogens is 392 g/mol. The lowest BCUT2D eigenvalue weighted by molar-refractivity contribution is -0.121. The number of benzene rings is 1. The molecule has 2 aromatic rings. The summed E-state index contributed by atoms with van der Waals surface area (Å²) in [5.41, 5.74) is 1.90. The monoisotopic (exact) mass is 420 g/mol. The topological polar surface area (TPSA) is 95.8 Å². The summed E-state index contributed by atoms with van der Waals surface area (Å²) in [6.45, 7) is 6.90. The number of aromatic nitrogens is 1. The van der Waals surface area contributed by atoms with E-state index < -0.39 is 10.0 Å². The van der Waals surface area contributed by atoms with E-state index >= 15 is 0 Å². The van der Waals surface area contributed by atoms with Gasteiger partial charge in [-0.05, 0) is 38.9 Å². The van der Waals surface area contributed by atoms with Gasteiger partial charge in [0.1, 0.15) is 5.76 Å². The van der Waals surface area contributed by atoms with E-state index in [-0.39, 0.29) is 23.8 Å². The molecule has 1 aliphatic heterocycles. The molecule has 0 aliphatic carbocycles. The molecule has 158 valence electrons. The Kier molecular flexibility index (Phi) is 7.05. The van der Waals surface area contributed by atoms with Crippen LogP contribution in [0.5, 0.6) is 0 Å². The lowest BCUT2D eigenvalue weighted by Gasteiger charge is -2.24. The molecule has 29 heavy (non-hydrogen) atoms. The van der Waals surface area contributed by atoms with Crippen LogP contribution < -0.4 is 5.32 Å². The highest BCUT2D eigenvalue weighted by atomic mass is 32.2. The maximum atomic E-state index is 13.0. The van der Waals surface area contributed by atoms with Crippen LogP contribution in [0.2, 0.25) is 0 Å². The van der Waals surface area contributed by atoms with E-state index in [1.54, 1.807) is 30.3 Å². The Labute approximate surface area is 171 Å². The zero-order valence-electron chi connectivity index (χ0n) is 16.9. The molecule has 2 heterocycles. The van der Waals surface area contributed by atoms with Crippen molar-refractivity contribution in [2.45, 2.75) is 38.1 Å². The SMILES string of the molecule is Cc1noc(C)c1CN1CCCN(S(=O)(=O)c2ccccc2)CCC(=O)NCC1. The number of hydrogen-bond donors (Lipinski definition) is 1. The normalized spacial score (nSPS) is 18.2. The van der Waals surface area contributed by atoms with Gasteiger partial charge in [0, 0.05) is 44.7 Å². The van der Waals surface area contributed by atoms with Gasteiger partial charge < -0.3 is 9.84 Å². The highest BCUT2D eigenvalue weighted by Gasteiger charge is 2.25. The van der Waals surface area contributed by atoms with Crippen molar-refractivity contribution in [1.82, 2.24) is 19.7 Å². The molecule has 3 rings (SSSR count). The molecular formula is C20H28N4O4S. The lowest BCUT2D eigenvalue weighted by atomic mass is 10.2. The highest BCUT2D eigenvalue weighted by Crippen LogP contribution is 2.18. The van der Waals surface area contributed by atoms with E-state index in [0.717, 1.165) is 17.0 Å². The van der Waals surface area contributed by atoms with Gasteiger partial charge in [-0.2, -0.15) is 4.31 Å². The first-order chi connectivity index (χ1) is 13.9. The van der Waals surface area contributed by atoms with Crippen LogP contribution in [-0.2, 0) is 21.4 Å². The van der Waals surface area contributed by atoms with E-state index in [2.05, 4.69) is 15.4 Å². The van der Waals surface area contributed by atoms with Gasteiger partial charge in [-0.15, -0.1) is 0 Å². The van der Waals surface area contributed by atoms with E-state index in [1.165, 1.54) is 4.31 Å². The maximum absolute atomic E-state index is 13.0. The summed E-state index contributed by atoms with van der Waals surface area (Å²) in [4.78, 5) is 14.6. The number of carbonyl (C=O) groups excluding carboxylic acids is 1. The summed E-state index contributed by atoms with van der Waals surface area (Å²) in [6.07, 6.45) is 0.819. The predicted molar refractivity (Wildman–Crippen MR) is 109 cm³/mol. The first kappa shape index (κ1) is 21.5. The van der Waals surface area contributed by atoms with Gasteiger partial charge in [0.2, 0.25) is 15.9 Å². The van der Waals surface area contributed by atoms with Crippen LogP contribution >= 0.6 is 0 Å². The second kappa shape index (κ2) is 9.51. The van der Waals surface area contributed by atoms with Crippen molar-refractivity contribution in [3.8, 4) is 0 Å². The zero-order valence-corrected chi connectivity index (χ0v) is 17.7. The van der Waals surface area contributed by atoms with Crippen LogP contribution in [0.15, 0.2) is 39.8 Å². The van der Waals surface area contributed by atoms with Crippen LogP contribution in [0.25, 0.3) is 0 Å². The van der Waals surface area contributed by atoms with Gasteiger partial charge >= 0.3 is 0 Å². The number of amides is 1. The number of sulfonamides is 1. The largest absolute Gasteiger partial charge is 0.361 e. The van der Waals surface area contributed by atoms with Crippen molar-refractivity contribution in [3.63, 3.8) is 0 Å². The van der Waals surface area contributed by atoms with Gasteiger partial charge in [-0.25, -0.2) is 8.42 Å². The van der Waals surface area contributed by atoms with Gasteiger partial charge in [0.05, 0.1) is 10.6 Å². The molecule has 1 aromatic carbocycles.